The largest absolute Gasteiger partial charge is 0.496 e. The van der Waals surface area contributed by atoms with E-state index in [-0.39, 0.29) is 18.6 Å². The molecule has 0 saturated heterocycles. The minimum Gasteiger partial charge on any atom is -0.496 e. The van der Waals surface area contributed by atoms with Gasteiger partial charge in [-0.05, 0) is 44.1 Å². The van der Waals surface area contributed by atoms with Crippen LogP contribution in [0.15, 0.2) is 48.5 Å². The molecule has 0 fully saturated rings. The first-order valence-electron chi connectivity index (χ1n) is 9.75. The summed E-state index contributed by atoms with van der Waals surface area (Å²) in [7, 11) is 5.64. The average Bonchev–Trinajstić information content (AvgIpc) is 2.72. The van der Waals surface area contributed by atoms with Crippen molar-refractivity contribution in [3.63, 3.8) is 0 Å². The number of para-hydroxylation sites is 2. The van der Waals surface area contributed by atoms with Gasteiger partial charge < -0.3 is 19.7 Å². The second kappa shape index (κ2) is 10.7. The number of benzene rings is 2. The van der Waals surface area contributed by atoms with E-state index in [1.165, 1.54) is 0 Å². The van der Waals surface area contributed by atoms with Crippen molar-refractivity contribution in [2.45, 2.75) is 32.2 Å². The molecule has 2 atom stereocenters. The van der Waals surface area contributed by atoms with E-state index in [2.05, 4.69) is 30.1 Å². The first-order valence-corrected chi connectivity index (χ1v) is 9.75. The van der Waals surface area contributed by atoms with E-state index in [9.17, 15) is 4.79 Å². The molecule has 0 aliphatic rings. The number of carbonyl (C=O) groups excluding carboxylic acids is 1. The Hall–Kier alpha value is -2.53. The van der Waals surface area contributed by atoms with Crippen molar-refractivity contribution in [2.75, 3.05) is 34.4 Å². The van der Waals surface area contributed by atoms with Gasteiger partial charge in [0.15, 0.2) is 6.61 Å². The number of likely N-dealkylation sites (N-methyl/N-ethyl adjacent to an activating group) is 1. The molecule has 0 spiro atoms. The van der Waals surface area contributed by atoms with Gasteiger partial charge in [-0.15, -0.1) is 0 Å². The summed E-state index contributed by atoms with van der Waals surface area (Å²) in [5.74, 6) is 1.85. The van der Waals surface area contributed by atoms with E-state index in [1.807, 2.05) is 56.6 Å². The SMILES string of the molecule is CCC(C)c1ccccc1OCC(=O)NCC(c1ccccc1OC)N(C)C. The van der Waals surface area contributed by atoms with Crippen LogP contribution in [0.25, 0.3) is 0 Å². The van der Waals surface area contributed by atoms with E-state index in [4.69, 9.17) is 9.47 Å². The van der Waals surface area contributed by atoms with Gasteiger partial charge in [0.1, 0.15) is 11.5 Å². The summed E-state index contributed by atoms with van der Waals surface area (Å²) in [5, 5.41) is 2.99. The van der Waals surface area contributed by atoms with E-state index in [1.54, 1.807) is 7.11 Å². The highest BCUT2D eigenvalue weighted by Gasteiger charge is 2.19. The Morgan fingerprint density at radius 3 is 2.25 bits per heavy atom. The summed E-state index contributed by atoms with van der Waals surface area (Å²) in [6.07, 6.45) is 1.02. The van der Waals surface area contributed by atoms with E-state index >= 15 is 0 Å². The second-order valence-corrected chi connectivity index (χ2v) is 7.16. The fourth-order valence-corrected chi connectivity index (χ4v) is 3.16. The number of carbonyl (C=O) groups is 1. The van der Waals surface area contributed by atoms with Crippen LogP contribution >= 0.6 is 0 Å². The number of hydrogen-bond donors (Lipinski definition) is 1. The predicted octanol–water partition coefficient (Wildman–Crippen LogP) is 4.01. The Bertz CT molecular complexity index is 761. The van der Waals surface area contributed by atoms with Crippen LogP contribution in [0.5, 0.6) is 11.5 Å². The third kappa shape index (κ3) is 5.73. The molecule has 5 nitrogen and oxygen atoms in total. The Morgan fingerprint density at radius 2 is 1.64 bits per heavy atom. The number of nitrogens with one attached hydrogen (secondary N) is 1. The summed E-state index contributed by atoms with van der Waals surface area (Å²) in [6.45, 7) is 4.78. The van der Waals surface area contributed by atoms with Crippen LogP contribution in [-0.4, -0.2) is 45.2 Å². The van der Waals surface area contributed by atoms with Crippen molar-refractivity contribution in [1.82, 2.24) is 10.2 Å². The fourth-order valence-electron chi connectivity index (χ4n) is 3.16. The summed E-state index contributed by atoms with van der Waals surface area (Å²) in [5.41, 5.74) is 2.18. The van der Waals surface area contributed by atoms with Gasteiger partial charge in [0.05, 0.1) is 13.2 Å². The Balaban J connectivity index is 1.98. The minimum absolute atomic E-state index is 0.000475. The number of hydrogen-bond acceptors (Lipinski definition) is 4. The summed E-state index contributed by atoms with van der Waals surface area (Å²) in [4.78, 5) is 14.5. The topological polar surface area (TPSA) is 50.8 Å². The van der Waals surface area contributed by atoms with Gasteiger partial charge in [0, 0.05) is 12.1 Å². The minimum atomic E-state index is -0.138. The lowest BCUT2D eigenvalue weighted by Gasteiger charge is -2.26. The molecule has 2 aromatic rings. The quantitative estimate of drug-likeness (QED) is 0.673. The third-order valence-corrected chi connectivity index (χ3v) is 5.03. The molecule has 0 heterocycles. The van der Waals surface area contributed by atoms with Gasteiger partial charge in [-0.3, -0.25) is 4.79 Å². The standard InChI is InChI=1S/C23H32N2O3/c1-6-17(2)18-11-7-10-14-22(18)28-16-23(26)24-15-20(25(3)4)19-12-8-9-13-21(19)27-5/h7-14,17,20H,6,15-16H2,1-5H3,(H,24,26). The molecule has 0 aliphatic heterocycles. The fraction of sp³-hybridized carbons (Fsp3) is 0.435. The molecule has 1 N–H and O–H groups in total. The van der Waals surface area contributed by atoms with Crippen LogP contribution in [0.1, 0.15) is 43.4 Å². The van der Waals surface area contributed by atoms with Crippen LogP contribution in [0.4, 0.5) is 0 Å². The lowest BCUT2D eigenvalue weighted by molar-refractivity contribution is -0.123. The molecule has 2 rings (SSSR count). The van der Waals surface area contributed by atoms with Crippen molar-refractivity contribution >= 4 is 5.91 Å². The smallest absolute Gasteiger partial charge is 0.258 e. The highest BCUT2D eigenvalue weighted by Crippen LogP contribution is 2.29. The Labute approximate surface area is 168 Å². The molecule has 0 aromatic heterocycles. The van der Waals surface area contributed by atoms with Crippen molar-refractivity contribution in [1.29, 1.82) is 0 Å². The van der Waals surface area contributed by atoms with E-state index in [0.717, 1.165) is 29.0 Å². The molecule has 2 unspecified atom stereocenters. The Morgan fingerprint density at radius 1 is 1.04 bits per heavy atom. The summed E-state index contributed by atoms with van der Waals surface area (Å²) < 4.78 is 11.3. The van der Waals surface area contributed by atoms with Crippen molar-refractivity contribution in [3.8, 4) is 11.5 Å². The molecule has 0 radical (unpaired) electrons. The highest BCUT2D eigenvalue weighted by atomic mass is 16.5. The maximum atomic E-state index is 12.4. The molecule has 152 valence electrons. The molecule has 28 heavy (non-hydrogen) atoms. The molecule has 0 bridgehead atoms. The van der Waals surface area contributed by atoms with Crippen LogP contribution < -0.4 is 14.8 Å². The first-order chi connectivity index (χ1) is 13.5. The van der Waals surface area contributed by atoms with Crippen LogP contribution in [0.3, 0.4) is 0 Å². The third-order valence-electron chi connectivity index (χ3n) is 5.03. The van der Waals surface area contributed by atoms with Crippen molar-refractivity contribution in [2.24, 2.45) is 0 Å². The number of ether oxygens (including phenoxy) is 2. The molecular weight excluding hydrogens is 352 g/mol. The molecule has 5 heteroatoms. The van der Waals surface area contributed by atoms with E-state index in [0.29, 0.717) is 12.5 Å². The maximum absolute atomic E-state index is 12.4. The van der Waals surface area contributed by atoms with Crippen LogP contribution in [0, 0.1) is 0 Å². The average molecular weight is 385 g/mol. The van der Waals surface area contributed by atoms with Gasteiger partial charge in [-0.1, -0.05) is 50.2 Å². The monoisotopic (exact) mass is 384 g/mol. The zero-order valence-electron chi connectivity index (χ0n) is 17.6. The highest BCUT2D eigenvalue weighted by molar-refractivity contribution is 5.77. The molecule has 2 aromatic carbocycles. The van der Waals surface area contributed by atoms with Gasteiger partial charge in [0.2, 0.25) is 0 Å². The normalized spacial score (nSPS) is 13.1. The summed E-state index contributed by atoms with van der Waals surface area (Å²) >= 11 is 0. The predicted molar refractivity (Wildman–Crippen MR) is 113 cm³/mol. The molecule has 0 aliphatic carbocycles. The van der Waals surface area contributed by atoms with Crippen molar-refractivity contribution < 1.29 is 14.3 Å². The van der Waals surface area contributed by atoms with Gasteiger partial charge in [-0.25, -0.2) is 0 Å². The van der Waals surface area contributed by atoms with Gasteiger partial charge in [-0.2, -0.15) is 0 Å². The summed E-state index contributed by atoms with van der Waals surface area (Å²) in [6, 6.07) is 15.8. The second-order valence-electron chi connectivity index (χ2n) is 7.16. The molecule has 1 amide bonds. The number of methoxy groups -OCH3 is 1. The molecule has 0 saturated carbocycles. The number of amides is 1. The molecular formula is C23H32N2O3. The Kier molecular flexibility index (Phi) is 8.33. The lowest BCUT2D eigenvalue weighted by atomic mass is 9.98. The van der Waals surface area contributed by atoms with E-state index < -0.39 is 0 Å². The van der Waals surface area contributed by atoms with Crippen LogP contribution in [0.2, 0.25) is 0 Å². The van der Waals surface area contributed by atoms with Crippen LogP contribution in [-0.2, 0) is 4.79 Å². The van der Waals surface area contributed by atoms with Gasteiger partial charge >= 0.3 is 0 Å². The number of rotatable bonds is 10. The zero-order chi connectivity index (χ0) is 20.5. The van der Waals surface area contributed by atoms with Crippen molar-refractivity contribution in [3.05, 3.63) is 59.7 Å². The maximum Gasteiger partial charge on any atom is 0.258 e. The first kappa shape index (κ1) is 21.8. The number of nitrogens with zero attached hydrogens (tertiary/aromatic N) is 1. The lowest BCUT2D eigenvalue weighted by Crippen LogP contribution is -2.37. The van der Waals surface area contributed by atoms with Gasteiger partial charge in [0.25, 0.3) is 5.91 Å². The zero-order valence-corrected chi connectivity index (χ0v) is 17.6.